The molecule has 0 fully saturated rings. The average Bonchev–Trinajstić information content (AvgIpc) is 3.24. The minimum atomic E-state index is -0.0281. The van der Waals surface area contributed by atoms with Gasteiger partial charge in [-0.2, -0.15) is 0 Å². The van der Waals surface area contributed by atoms with E-state index >= 15 is 0 Å². The van der Waals surface area contributed by atoms with Gasteiger partial charge in [-0.1, -0.05) is 200 Å². The van der Waals surface area contributed by atoms with Crippen LogP contribution in [0.4, 0.5) is 0 Å². The van der Waals surface area contributed by atoms with Crippen LogP contribution in [0.1, 0.15) is 65.1 Å². The van der Waals surface area contributed by atoms with Crippen LogP contribution in [-0.2, 0) is 12.8 Å². The highest BCUT2D eigenvalue weighted by atomic mass is 32.2. The molecule has 9 rings (SSSR count). The SMILES string of the molecule is CC1(B(c2ccccc2)c2ccc3c(c2)CCC2=C3CCc3cc(Sc4ccc(/C=C/c5ccccc5)cc4)ccc32)C=CC(/C=C/c2ccccc2)=CC1. The second-order valence-corrected chi connectivity index (χ2v) is 16.6. The van der Waals surface area contributed by atoms with Crippen molar-refractivity contribution in [1.29, 1.82) is 0 Å². The first-order valence-electron chi connectivity index (χ1n) is 19.8. The summed E-state index contributed by atoms with van der Waals surface area (Å²) in [7, 11) is 0. The molecule has 0 amide bonds. The third-order valence-electron chi connectivity index (χ3n) is 11.7. The van der Waals surface area contributed by atoms with Crippen molar-refractivity contribution in [3.05, 3.63) is 220 Å². The van der Waals surface area contributed by atoms with Gasteiger partial charge >= 0.3 is 0 Å². The lowest BCUT2D eigenvalue weighted by Gasteiger charge is -2.36. The Balaban J connectivity index is 0.939. The van der Waals surface area contributed by atoms with E-state index < -0.39 is 0 Å². The largest absolute Gasteiger partial charge is 0.219 e. The van der Waals surface area contributed by atoms with Gasteiger partial charge in [0, 0.05) is 9.79 Å². The number of hydrogen-bond donors (Lipinski definition) is 0. The molecule has 3 aliphatic rings. The van der Waals surface area contributed by atoms with Crippen molar-refractivity contribution >= 4 is 58.8 Å². The lowest BCUT2D eigenvalue weighted by Crippen LogP contribution is -2.50. The van der Waals surface area contributed by atoms with Crippen LogP contribution in [0.5, 0.6) is 0 Å². The van der Waals surface area contributed by atoms with Crippen LogP contribution in [0.3, 0.4) is 0 Å². The van der Waals surface area contributed by atoms with Crippen LogP contribution in [0.15, 0.2) is 191 Å². The van der Waals surface area contributed by atoms with Gasteiger partial charge in [0.1, 0.15) is 0 Å². The van der Waals surface area contributed by atoms with Gasteiger partial charge in [-0.3, -0.25) is 0 Å². The van der Waals surface area contributed by atoms with E-state index in [-0.39, 0.29) is 12.0 Å². The summed E-state index contributed by atoms with van der Waals surface area (Å²) in [5, 5.41) is -0.0281. The van der Waals surface area contributed by atoms with E-state index in [1.54, 1.807) is 11.1 Å². The first-order chi connectivity index (χ1) is 27.1. The molecule has 266 valence electrons. The molecule has 0 aliphatic heterocycles. The second-order valence-electron chi connectivity index (χ2n) is 15.4. The first kappa shape index (κ1) is 35.2. The fraction of sp³-hybridized carbons (Fsp3) is 0.132. The molecule has 55 heavy (non-hydrogen) atoms. The molecule has 0 bridgehead atoms. The van der Waals surface area contributed by atoms with Crippen molar-refractivity contribution in [2.45, 2.75) is 54.1 Å². The summed E-state index contributed by atoms with van der Waals surface area (Å²) in [5.74, 6) is 0. The molecule has 0 saturated heterocycles. The minimum Gasteiger partial charge on any atom is -0.0901 e. The Morgan fingerprint density at radius 2 is 1.05 bits per heavy atom. The standard InChI is InChI=1S/C53H45BS/c1-53(35-33-42(34-36-53)20-18-40-13-7-3-8-14-40)54(45-15-9-4-10-16-45)46-25-31-49-43(37-46)23-29-52-50-32-28-48(38-44(50)24-30-51(49)52)55-47-26-21-41(22-27-47)19-17-39-11-5-2-6-12-39/h2-22,25-28,31-35,37-38H,23-24,29-30,36H2,1H3/b19-17+,20-18+. The van der Waals surface area contributed by atoms with E-state index in [9.17, 15) is 0 Å². The van der Waals surface area contributed by atoms with Gasteiger partial charge in [0.25, 0.3) is 0 Å². The van der Waals surface area contributed by atoms with Crippen LogP contribution >= 0.6 is 11.8 Å². The lowest BCUT2D eigenvalue weighted by atomic mass is 9.26. The van der Waals surface area contributed by atoms with E-state index in [0.29, 0.717) is 0 Å². The van der Waals surface area contributed by atoms with E-state index in [1.807, 2.05) is 11.8 Å². The molecule has 0 radical (unpaired) electrons. The Kier molecular flexibility index (Phi) is 10.0. The summed E-state index contributed by atoms with van der Waals surface area (Å²) in [6.45, 7) is 2.71. The van der Waals surface area contributed by atoms with Crippen molar-refractivity contribution in [3.63, 3.8) is 0 Å². The molecule has 0 nitrogen and oxygen atoms in total. The van der Waals surface area contributed by atoms with E-state index in [2.05, 4.69) is 201 Å². The fourth-order valence-electron chi connectivity index (χ4n) is 8.84. The number of aryl methyl sites for hydroxylation is 2. The normalized spacial score (nSPS) is 17.5. The predicted molar refractivity (Wildman–Crippen MR) is 239 cm³/mol. The fourth-order valence-corrected chi connectivity index (χ4v) is 9.72. The molecule has 0 N–H and O–H groups in total. The van der Waals surface area contributed by atoms with Crippen molar-refractivity contribution in [2.75, 3.05) is 0 Å². The molecule has 0 aromatic heterocycles. The summed E-state index contributed by atoms with van der Waals surface area (Å²) in [5.41, 5.74) is 16.8. The molecule has 1 unspecified atom stereocenters. The van der Waals surface area contributed by atoms with Gasteiger partial charge in [-0.05, 0) is 117 Å². The zero-order chi connectivity index (χ0) is 37.0. The summed E-state index contributed by atoms with van der Waals surface area (Å²) in [6, 6.07) is 55.8. The van der Waals surface area contributed by atoms with Crippen LogP contribution in [-0.4, -0.2) is 6.71 Å². The summed E-state index contributed by atoms with van der Waals surface area (Å²) in [6.07, 6.45) is 21.5. The smallest absolute Gasteiger partial charge is 0.0901 e. The van der Waals surface area contributed by atoms with E-state index in [1.165, 1.54) is 65.2 Å². The van der Waals surface area contributed by atoms with Gasteiger partial charge in [-0.25, -0.2) is 0 Å². The summed E-state index contributed by atoms with van der Waals surface area (Å²) in [4.78, 5) is 2.60. The molecule has 6 aromatic carbocycles. The zero-order valence-corrected chi connectivity index (χ0v) is 32.3. The maximum absolute atomic E-state index is 2.56. The van der Waals surface area contributed by atoms with Gasteiger partial charge in [-0.15, -0.1) is 0 Å². The summed E-state index contributed by atoms with van der Waals surface area (Å²) < 4.78 is 0. The molecule has 6 aromatic rings. The van der Waals surface area contributed by atoms with Crippen molar-refractivity contribution in [1.82, 2.24) is 0 Å². The van der Waals surface area contributed by atoms with Crippen molar-refractivity contribution in [2.24, 2.45) is 0 Å². The molecule has 0 saturated carbocycles. The van der Waals surface area contributed by atoms with Crippen LogP contribution in [0, 0.1) is 0 Å². The third kappa shape index (κ3) is 7.70. The Morgan fingerprint density at radius 3 is 1.67 bits per heavy atom. The topological polar surface area (TPSA) is 0 Å². The number of fused-ring (bicyclic) bond motifs is 4. The van der Waals surface area contributed by atoms with Crippen molar-refractivity contribution in [3.8, 4) is 0 Å². The lowest BCUT2D eigenvalue weighted by molar-refractivity contribution is 0.745. The van der Waals surface area contributed by atoms with Gasteiger partial charge in [0.15, 0.2) is 0 Å². The monoisotopic (exact) mass is 724 g/mol. The Bertz CT molecular complexity index is 2470. The molecule has 2 heteroatoms. The molecular weight excluding hydrogens is 679 g/mol. The second kappa shape index (κ2) is 15.7. The maximum Gasteiger partial charge on any atom is 0.219 e. The molecule has 0 spiro atoms. The Morgan fingerprint density at radius 1 is 0.509 bits per heavy atom. The van der Waals surface area contributed by atoms with E-state index in [4.69, 9.17) is 0 Å². The summed E-state index contributed by atoms with van der Waals surface area (Å²) >= 11 is 1.86. The highest BCUT2D eigenvalue weighted by molar-refractivity contribution is 7.99. The number of rotatable bonds is 9. The molecule has 3 aliphatic carbocycles. The van der Waals surface area contributed by atoms with Gasteiger partial charge < -0.3 is 0 Å². The Hall–Kier alpha value is -5.57. The third-order valence-corrected chi connectivity index (χ3v) is 12.7. The van der Waals surface area contributed by atoms with Crippen LogP contribution in [0.2, 0.25) is 5.31 Å². The number of hydrogen-bond acceptors (Lipinski definition) is 1. The minimum absolute atomic E-state index is 0.0281. The van der Waals surface area contributed by atoms with Gasteiger partial charge in [0.2, 0.25) is 6.71 Å². The first-order valence-corrected chi connectivity index (χ1v) is 20.6. The van der Waals surface area contributed by atoms with Crippen LogP contribution in [0.25, 0.3) is 29.4 Å². The van der Waals surface area contributed by atoms with Crippen molar-refractivity contribution < 1.29 is 0 Å². The number of allylic oxidation sites excluding steroid dienone is 7. The molecular formula is C53H45BS. The highest BCUT2D eigenvalue weighted by Gasteiger charge is 2.39. The quantitative estimate of drug-likeness (QED) is 0.106. The Labute approximate surface area is 331 Å². The number of benzene rings is 6. The highest BCUT2D eigenvalue weighted by Crippen LogP contribution is 2.45. The average molecular weight is 725 g/mol. The van der Waals surface area contributed by atoms with Gasteiger partial charge in [0.05, 0.1) is 0 Å². The molecule has 1 atom stereocenters. The van der Waals surface area contributed by atoms with Crippen LogP contribution < -0.4 is 10.9 Å². The predicted octanol–water partition coefficient (Wildman–Crippen LogP) is 12.8. The van der Waals surface area contributed by atoms with E-state index in [0.717, 1.165) is 32.1 Å². The zero-order valence-electron chi connectivity index (χ0n) is 31.5. The maximum atomic E-state index is 2.56. The molecule has 0 heterocycles.